The standard InChI is InChI=1S/C12H7F3NOS/c13-12(14,15)9-3-1-2-8(4-9)5-11-16-10(6-17)7-18-11/h1-4,7H,5H2. The molecule has 2 rings (SSSR count). The van der Waals surface area contributed by atoms with E-state index in [1.165, 1.54) is 22.8 Å². The lowest BCUT2D eigenvalue weighted by Gasteiger charge is -2.07. The monoisotopic (exact) mass is 270 g/mol. The van der Waals surface area contributed by atoms with Crippen molar-refractivity contribution < 1.29 is 18.0 Å². The van der Waals surface area contributed by atoms with E-state index in [1.807, 2.05) is 0 Å². The van der Waals surface area contributed by atoms with E-state index in [2.05, 4.69) is 4.98 Å². The molecule has 0 fully saturated rings. The van der Waals surface area contributed by atoms with Crippen LogP contribution in [0.15, 0.2) is 29.6 Å². The minimum atomic E-state index is -4.35. The lowest BCUT2D eigenvalue weighted by atomic mass is 10.1. The number of carbonyl (C=O) groups excluding carboxylic acids is 1. The molecule has 2 nitrogen and oxygen atoms in total. The first-order chi connectivity index (χ1) is 8.49. The van der Waals surface area contributed by atoms with Crippen molar-refractivity contribution in [1.82, 2.24) is 4.98 Å². The predicted octanol–water partition coefficient (Wildman–Crippen LogP) is 3.21. The van der Waals surface area contributed by atoms with Crippen LogP contribution in [0.4, 0.5) is 13.2 Å². The average molecular weight is 270 g/mol. The van der Waals surface area contributed by atoms with Gasteiger partial charge in [0.15, 0.2) is 0 Å². The Kier molecular flexibility index (Phi) is 3.47. The normalized spacial score (nSPS) is 11.5. The minimum absolute atomic E-state index is 0.182. The van der Waals surface area contributed by atoms with Gasteiger partial charge in [0.2, 0.25) is 0 Å². The lowest BCUT2D eigenvalue weighted by molar-refractivity contribution is -0.137. The number of hydrogen-bond donors (Lipinski definition) is 0. The molecule has 6 heteroatoms. The van der Waals surface area contributed by atoms with Gasteiger partial charge >= 0.3 is 6.18 Å². The first-order valence-electron chi connectivity index (χ1n) is 4.98. The Balaban J connectivity index is 2.21. The van der Waals surface area contributed by atoms with Crippen LogP contribution in [0.25, 0.3) is 0 Å². The maximum absolute atomic E-state index is 12.5. The SMILES string of the molecule is O=[C]c1csc(Cc2cccc(C(F)(F)F)c2)n1. The summed E-state index contributed by atoms with van der Waals surface area (Å²) in [5, 5.41) is 2.11. The first kappa shape index (κ1) is 12.8. The van der Waals surface area contributed by atoms with Gasteiger partial charge in [-0.2, -0.15) is 13.2 Å². The van der Waals surface area contributed by atoms with Crippen LogP contribution in [0.5, 0.6) is 0 Å². The zero-order valence-electron chi connectivity index (χ0n) is 8.99. The average Bonchev–Trinajstić information content (AvgIpc) is 2.76. The van der Waals surface area contributed by atoms with E-state index < -0.39 is 11.7 Å². The number of alkyl halides is 3. The van der Waals surface area contributed by atoms with Crippen molar-refractivity contribution >= 4 is 17.6 Å². The Labute approximate surface area is 105 Å². The fourth-order valence-electron chi connectivity index (χ4n) is 1.47. The van der Waals surface area contributed by atoms with Crippen LogP contribution in [0, 0.1) is 0 Å². The van der Waals surface area contributed by atoms with Gasteiger partial charge in [-0.15, -0.1) is 11.3 Å². The second-order valence-electron chi connectivity index (χ2n) is 3.60. The quantitative estimate of drug-likeness (QED) is 0.857. The van der Waals surface area contributed by atoms with E-state index in [4.69, 9.17) is 0 Å². The number of benzene rings is 1. The molecular weight excluding hydrogens is 263 g/mol. The van der Waals surface area contributed by atoms with Gasteiger partial charge in [0, 0.05) is 11.8 Å². The summed E-state index contributed by atoms with van der Waals surface area (Å²) in [5.41, 5.74) is 0.0114. The van der Waals surface area contributed by atoms with Crippen molar-refractivity contribution in [3.05, 3.63) is 51.5 Å². The summed E-state index contributed by atoms with van der Waals surface area (Å²) < 4.78 is 37.5. The zero-order valence-corrected chi connectivity index (χ0v) is 9.81. The van der Waals surface area contributed by atoms with Crippen LogP contribution in [0.2, 0.25) is 0 Å². The van der Waals surface area contributed by atoms with Gasteiger partial charge in [0.1, 0.15) is 5.69 Å². The molecule has 1 heterocycles. The van der Waals surface area contributed by atoms with Crippen LogP contribution in [-0.4, -0.2) is 11.3 Å². The van der Waals surface area contributed by atoms with E-state index in [0.717, 1.165) is 12.1 Å². The number of hydrogen-bond acceptors (Lipinski definition) is 3. The number of aromatic nitrogens is 1. The molecule has 0 aliphatic carbocycles. The van der Waals surface area contributed by atoms with Crippen LogP contribution in [0.3, 0.4) is 0 Å². The van der Waals surface area contributed by atoms with Gasteiger partial charge in [-0.3, -0.25) is 4.79 Å². The summed E-state index contributed by atoms with van der Waals surface area (Å²) in [6.45, 7) is 0. The topological polar surface area (TPSA) is 30.0 Å². The van der Waals surface area contributed by atoms with E-state index >= 15 is 0 Å². The maximum Gasteiger partial charge on any atom is 0.416 e. The molecule has 18 heavy (non-hydrogen) atoms. The van der Waals surface area contributed by atoms with Gasteiger partial charge in [0.25, 0.3) is 6.29 Å². The number of nitrogens with zero attached hydrogens (tertiary/aromatic N) is 1. The minimum Gasteiger partial charge on any atom is -0.283 e. The Bertz CT molecular complexity index is 562. The molecule has 0 N–H and O–H groups in total. The highest BCUT2D eigenvalue weighted by Gasteiger charge is 2.30. The van der Waals surface area contributed by atoms with Crippen LogP contribution < -0.4 is 0 Å². The van der Waals surface area contributed by atoms with Gasteiger partial charge in [0.05, 0.1) is 10.6 Å². The van der Waals surface area contributed by atoms with Gasteiger partial charge < -0.3 is 0 Å². The molecule has 93 valence electrons. The molecule has 0 spiro atoms. The van der Waals surface area contributed by atoms with Gasteiger partial charge in [-0.25, -0.2) is 4.98 Å². The fraction of sp³-hybridized carbons (Fsp3) is 0.167. The number of halogens is 3. The van der Waals surface area contributed by atoms with Crippen LogP contribution in [-0.2, 0) is 17.4 Å². The molecule has 1 aromatic carbocycles. The van der Waals surface area contributed by atoms with Crippen molar-refractivity contribution in [1.29, 1.82) is 0 Å². The number of rotatable bonds is 3. The van der Waals surface area contributed by atoms with Crippen molar-refractivity contribution in [2.45, 2.75) is 12.6 Å². The third-order valence-corrected chi connectivity index (χ3v) is 3.11. The fourth-order valence-corrected chi connectivity index (χ4v) is 2.22. The largest absolute Gasteiger partial charge is 0.416 e. The summed E-state index contributed by atoms with van der Waals surface area (Å²) in [4.78, 5) is 14.3. The van der Waals surface area contributed by atoms with E-state index in [9.17, 15) is 18.0 Å². The summed E-state index contributed by atoms with van der Waals surface area (Å²) in [5.74, 6) is 0. The molecule has 1 aromatic heterocycles. The Hall–Kier alpha value is -1.69. The van der Waals surface area contributed by atoms with Crippen LogP contribution in [0.1, 0.15) is 21.8 Å². The Morgan fingerprint density at radius 3 is 2.72 bits per heavy atom. The molecule has 0 amide bonds. The van der Waals surface area contributed by atoms with Crippen molar-refractivity contribution in [2.75, 3.05) is 0 Å². The smallest absolute Gasteiger partial charge is 0.283 e. The zero-order chi connectivity index (χ0) is 13.2. The molecule has 0 aliphatic rings. The van der Waals surface area contributed by atoms with E-state index in [-0.39, 0.29) is 12.1 Å². The molecular formula is C12H7F3NOS. The highest BCUT2D eigenvalue weighted by atomic mass is 32.1. The predicted molar refractivity (Wildman–Crippen MR) is 61.2 cm³/mol. The Morgan fingerprint density at radius 2 is 2.11 bits per heavy atom. The third kappa shape index (κ3) is 2.95. The molecule has 0 bridgehead atoms. The summed E-state index contributed by atoms with van der Waals surface area (Å²) in [6, 6.07) is 5.07. The summed E-state index contributed by atoms with van der Waals surface area (Å²) in [7, 11) is 0. The molecule has 0 atom stereocenters. The molecule has 1 radical (unpaired) electrons. The lowest BCUT2D eigenvalue weighted by Crippen LogP contribution is -2.05. The Morgan fingerprint density at radius 1 is 1.33 bits per heavy atom. The molecule has 0 unspecified atom stereocenters. The summed E-state index contributed by atoms with van der Waals surface area (Å²) >= 11 is 1.23. The van der Waals surface area contributed by atoms with Crippen molar-refractivity contribution in [2.24, 2.45) is 0 Å². The first-order valence-corrected chi connectivity index (χ1v) is 5.85. The van der Waals surface area contributed by atoms with Crippen LogP contribution >= 0.6 is 11.3 Å². The maximum atomic E-state index is 12.5. The second kappa shape index (κ2) is 4.89. The van der Waals surface area contributed by atoms with E-state index in [0.29, 0.717) is 10.6 Å². The van der Waals surface area contributed by atoms with Crippen molar-refractivity contribution in [3.8, 4) is 0 Å². The molecule has 0 aliphatic heterocycles. The molecule has 0 saturated carbocycles. The van der Waals surface area contributed by atoms with E-state index in [1.54, 1.807) is 12.4 Å². The summed E-state index contributed by atoms with van der Waals surface area (Å²) in [6.07, 6.45) is -2.43. The molecule has 0 saturated heterocycles. The molecule has 2 aromatic rings. The highest BCUT2D eigenvalue weighted by Crippen LogP contribution is 2.30. The van der Waals surface area contributed by atoms with Gasteiger partial charge in [-0.05, 0) is 11.6 Å². The highest BCUT2D eigenvalue weighted by molar-refractivity contribution is 7.09. The van der Waals surface area contributed by atoms with Crippen molar-refractivity contribution in [3.63, 3.8) is 0 Å². The second-order valence-corrected chi connectivity index (χ2v) is 4.55. The third-order valence-electron chi connectivity index (χ3n) is 2.27. The number of thiazole rings is 1. The van der Waals surface area contributed by atoms with Gasteiger partial charge in [-0.1, -0.05) is 18.2 Å².